The van der Waals surface area contributed by atoms with Gasteiger partial charge in [0.25, 0.3) is 0 Å². The first-order valence-corrected chi connectivity index (χ1v) is 6.96. The van der Waals surface area contributed by atoms with Crippen LogP contribution in [0, 0.1) is 5.82 Å². The summed E-state index contributed by atoms with van der Waals surface area (Å²) >= 11 is 0. The Hall–Kier alpha value is -2.23. The summed E-state index contributed by atoms with van der Waals surface area (Å²) < 4.78 is 13.0. The van der Waals surface area contributed by atoms with E-state index in [-0.39, 0.29) is 11.9 Å². The molecule has 0 bridgehead atoms. The number of nitrogens with two attached hydrogens (primary N) is 1. The summed E-state index contributed by atoms with van der Waals surface area (Å²) in [6.07, 6.45) is 0.713. The summed E-state index contributed by atoms with van der Waals surface area (Å²) in [5, 5.41) is 2.37. The van der Waals surface area contributed by atoms with Crippen LogP contribution in [-0.4, -0.2) is 0 Å². The van der Waals surface area contributed by atoms with Crippen LogP contribution in [0.5, 0.6) is 0 Å². The smallest absolute Gasteiger partial charge is 0.123 e. The average Bonchev–Trinajstić information content (AvgIpc) is 2.54. The van der Waals surface area contributed by atoms with Crippen LogP contribution < -0.4 is 11.3 Å². The van der Waals surface area contributed by atoms with E-state index in [4.69, 9.17) is 5.84 Å². The predicted octanol–water partition coefficient (Wildman–Crippen LogP) is 3.73. The molecule has 3 heteroatoms. The van der Waals surface area contributed by atoms with E-state index in [0.29, 0.717) is 6.42 Å². The van der Waals surface area contributed by atoms with E-state index in [2.05, 4.69) is 29.7 Å². The number of rotatable bonds is 4. The maximum Gasteiger partial charge on any atom is 0.123 e. The second-order valence-corrected chi connectivity index (χ2v) is 5.12. The lowest BCUT2D eigenvalue weighted by atomic mass is 9.94. The lowest BCUT2D eigenvalue weighted by molar-refractivity contribution is 0.554. The van der Waals surface area contributed by atoms with Crippen molar-refractivity contribution in [3.05, 3.63) is 83.7 Å². The molecule has 3 N–H and O–H groups in total. The molecular formula is C18H17FN2. The molecule has 2 nitrogen and oxygen atoms in total. The molecule has 3 rings (SSSR count). The van der Waals surface area contributed by atoms with E-state index in [9.17, 15) is 4.39 Å². The Balaban J connectivity index is 1.96. The molecule has 0 fully saturated rings. The fraction of sp³-hybridized carbons (Fsp3) is 0.111. The van der Waals surface area contributed by atoms with Gasteiger partial charge in [-0.25, -0.2) is 4.39 Å². The third-order valence-electron chi connectivity index (χ3n) is 3.75. The normalized spacial score (nSPS) is 12.5. The maximum absolute atomic E-state index is 13.0. The highest BCUT2D eigenvalue weighted by atomic mass is 19.1. The van der Waals surface area contributed by atoms with Gasteiger partial charge < -0.3 is 0 Å². The Labute approximate surface area is 123 Å². The van der Waals surface area contributed by atoms with Gasteiger partial charge in [-0.15, -0.1) is 0 Å². The molecular weight excluding hydrogens is 263 g/mol. The first-order valence-electron chi connectivity index (χ1n) is 6.96. The van der Waals surface area contributed by atoms with E-state index >= 15 is 0 Å². The molecule has 0 aliphatic heterocycles. The van der Waals surface area contributed by atoms with Gasteiger partial charge in [-0.3, -0.25) is 11.3 Å². The zero-order valence-corrected chi connectivity index (χ0v) is 11.6. The molecule has 3 aromatic rings. The van der Waals surface area contributed by atoms with Crippen molar-refractivity contribution >= 4 is 10.8 Å². The molecule has 0 spiro atoms. The van der Waals surface area contributed by atoms with Crippen molar-refractivity contribution in [1.29, 1.82) is 0 Å². The molecule has 0 heterocycles. The fourth-order valence-electron chi connectivity index (χ4n) is 2.67. The molecule has 0 aliphatic carbocycles. The summed E-state index contributed by atoms with van der Waals surface area (Å²) in [5.41, 5.74) is 5.08. The van der Waals surface area contributed by atoms with Crippen molar-refractivity contribution in [3.8, 4) is 0 Å². The van der Waals surface area contributed by atoms with Gasteiger partial charge in [-0.2, -0.15) is 0 Å². The van der Waals surface area contributed by atoms with Crippen molar-refractivity contribution in [2.45, 2.75) is 12.5 Å². The summed E-state index contributed by atoms with van der Waals surface area (Å²) in [7, 11) is 0. The van der Waals surface area contributed by atoms with Gasteiger partial charge in [-0.05, 0) is 40.5 Å². The topological polar surface area (TPSA) is 38.0 Å². The van der Waals surface area contributed by atoms with Gasteiger partial charge in [0.2, 0.25) is 0 Å². The van der Waals surface area contributed by atoms with Crippen molar-refractivity contribution < 1.29 is 4.39 Å². The molecule has 0 saturated carbocycles. The van der Waals surface area contributed by atoms with Gasteiger partial charge in [0, 0.05) is 0 Å². The Bertz CT molecular complexity index is 732. The lowest BCUT2D eigenvalue weighted by Crippen LogP contribution is -2.29. The summed E-state index contributed by atoms with van der Waals surface area (Å²) in [4.78, 5) is 0. The zero-order chi connectivity index (χ0) is 14.7. The third-order valence-corrected chi connectivity index (χ3v) is 3.75. The SMILES string of the molecule is NNC(Cc1ccc(F)cc1)c1cccc2ccccc12. The minimum Gasteiger partial charge on any atom is -0.271 e. The van der Waals surface area contributed by atoms with Gasteiger partial charge >= 0.3 is 0 Å². The van der Waals surface area contributed by atoms with E-state index in [1.54, 1.807) is 12.1 Å². The minimum absolute atomic E-state index is 0.0124. The molecule has 1 unspecified atom stereocenters. The molecule has 0 aromatic heterocycles. The van der Waals surface area contributed by atoms with E-state index in [1.807, 2.05) is 18.2 Å². The molecule has 21 heavy (non-hydrogen) atoms. The number of nitrogens with one attached hydrogen (secondary N) is 1. The van der Waals surface area contributed by atoms with Gasteiger partial charge in [0.1, 0.15) is 5.82 Å². The highest BCUT2D eigenvalue weighted by molar-refractivity contribution is 5.86. The van der Waals surface area contributed by atoms with Crippen LogP contribution in [0.15, 0.2) is 66.7 Å². The van der Waals surface area contributed by atoms with Gasteiger partial charge in [0.05, 0.1) is 6.04 Å². The average molecular weight is 280 g/mol. The fourth-order valence-corrected chi connectivity index (χ4v) is 2.67. The van der Waals surface area contributed by atoms with E-state index in [1.165, 1.54) is 22.9 Å². The maximum atomic E-state index is 13.0. The van der Waals surface area contributed by atoms with Crippen LogP contribution in [0.4, 0.5) is 4.39 Å². The van der Waals surface area contributed by atoms with Crippen LogP contribution in [0.1, 0.15) is 17.2 Å². The molecule has 0 amide bonds. The van der Waals surface area contributed by atoms with Crippen LogP contribution >= 0.6 is 0 Å². The molecule has 0 aliphatic rings. The van der Waals surface area contributed by atoms with Gasteiger partial charge in [0.15, 0.2) is 0 Å². The molecule has 0 radical (unpaired) electrons. The Kier molecular flexibility index (Phi) is 3.95. The van der Waals surface area contributed by atoms with Crippen molar-refractivity contribution in [2.75, 3.05) is 0 Å². The molecule has 106 valence electrons. The number of hydrogen-bond donors (Lipinski definition) is 2. The standard InChI is InChI=1S/C18H17FN2/c19-15-10-8-13(9-11-15)12-18(21-20)17-7-3-5-14-4-1-2-6-16(14)17/h1-11,18,21H,12,20H2. The van der Waals surface area contributed by atoms with Crippen molar-refractivity contribution in [3.63, 3.8) is 0 Å². The second kappa shape index (κ2) is 6.04. The van der Waals surface area contributed by atoms with Crippen LogP contribution in [-0.2, 0) is 6.42 Å². The van der Waals surface area contributed by atoms with Crippen LogP contribution in [0.3, 0.4) is 0 Å². The van der Waals surface area contributed by atoms with Crippen molar-refractivity contribution in [1.82, 2.24) is 5.43 Å². The number of hydrazine groups is 1. The first kappa shape index (κ1) is 13.7. The van der Waals surface area contributed by atoms with E-state index in [0.717, 1.165) is 11.1 Å². The van der Waals surface area contributed by atoms with Crippen LogP contribution in [0.25, 0.3) is 10.8 Å². The zero-order valence-electron chi connectivity index (χ0n) is 11.6. The van der Waals surface area contributed by atoms with E-state index < -0.39 is 0 Å². The number of halogens is 1. The molecule has 0 saturated heterocycles. The summed E-state index contributed by atoms with van der Waals surface area (Å²) in [6, 6.07) is 21.0. The highest BCUT2D eigenvalue weighted by Gasteiger charge is 2.13. The minimum atomic E-state index is -0.221. The van der Waals surface area contributed by atoms with Crippen molar-refractivity contribution in [2.24, 2.45) is 5.84 Å². The monoisotopic (exact) mass is 280 g/mol. The summed E-state index contributed by atoms with van der Waals surface area (Å²) in [5.74, 6) is 5.53. The van der Waals surface area contributed by atoms with Gasteiger partial charge in [-0.1, -0.05) is 54.6 Å². The molecule has 1 atom stereocenters. The highest BCUT2D eigenvalue weighted by Crippen LogP contribution is 2.26. The largest absolute Gasteiger partial charge is 0.271 e. The number of benzene rings is 3. The first-order chi connectivity index (χ1) is 10.3. The molecule has 3 aromatic carbocycles. The predicted molar refractivity (Wildman–Crippen MR) is 84.1 cm³/mol. The summed E-state index contributed by atoms with van der Waals surface area (Å²) in [6.45, 7) is 0. The number of fused-ring (bicyclic) bond motifs is 1. The Morgan fingerprint density at radius 2 is 1.62 bits per heavy atom. The quantitative estimate of drug-likeness (QED) is 0.564. The lowest BCUT2D eigenvalue weighted by Gasteiger charge is -2.18. The Morgan fingerprint density at radius 1 is 0.905 bits per heavy atom. The third kappa shape index (κ3) is 2.94. The Morgan fingerprint density at radius 3 is 2.38 bits per heavy atom. The number of hydrogen-bond acceptors (Lipinski definition) is 2. The van der Waals surface area contributed by atoms with Crippen LogP contribution in [0.2, 0.25) is 0 Å². The second-order valence-electron chi connectivity index (χ2n) is 5.12.